The fraction of sp³-hybridized carbons (Fsp3) is 0.364. The molecule has 0 radical (unpaired) electrons. The van der Waals surface area contributed by atoms with Gasteiger partial charge >= 0.3 is 0 Å². The van der Waals surface area contributed by atoms with E-state index in [0.29, 0.717) is 6.54 Å². The van der Waals surface area contributed by atoms with E-state index in [1.807, 2.05) is 24.3 Å². The number of amides is 1. The van der Waals surface area contributed by atoms with Crippen molar-refractivity contribution in [2.45, 2.75) is 6.42 Å². The number of benzene rings is 1. The van der Waals surface area contributed by atoms with E-state index in [0.717, 1.165) is 12.0 Å². The van der Waals surface area contributed by atoms with Crippen LogP contribution in [0.25, 0.3) is 0 Å². The van der Waals surface area contributed by atoms with Crippen LogP contribution in [0.2, 0.25) is 0 Å². The van der Waals surface area contributed by atoms with Crippen LogP contribution in [0.15, 0.2) is 24.3 Å². The zero-order valence-electron chi connectivity index (χ0n) is 8.66. The minimum Gasteiger partial charge on any atom is -0.345 e. The lowest BCUT2D eigenvalue weighted by Gasteiger charge is -2.10. The molecule has 0 heterocycles. The summed E-state index contributed by atoms with van der Waals surface area (Å²) < 4.78 is 0. The van der Waals surface area contributed by atoms with Crippen LogP contribution < -0.4 is 5.73 Å². The van der Waals surface area contributed by atoms with E-state index in [1.165, 1.54) is 5.56 Å². The van der Waals surface area contributed by atoms with Crippen LogP contribution in [-0.4, -0.2) is 31.4 Å². The lowest BCUT2D eigenvalue weighted by Crippen LogP contribution is -2.21. The van der Waals surface area contributed by atoms with E-state index < -0.39 is 0 Å². The van der Waals surface area contributed by atoms with Crippen molar-refractivity contribution in [3.63, 3.8) is 0 Å². The smallest absolute Gasteiger partial charge is 0.253 e. The third kappa shape index (κ3) is 2.57. The van der Waals surface area contributed by atoms with Crippen molar-refractivity contribution in [1.29, 1.82) is 0 Å². The van der Waals surface area contributed by atoms with E-state index >= 15 is 0 Å². The van der Waals surface area contributed by atoms with Gasteiger partial charge in [-0.25, -0.2) is 0 Å². The van der Waals surface area contributed by atoms with Crippen LogP contribution in [0.5, 0.6) is 0 Å². The second kappa shape index (κ2) is 4.77. The molecule has 0 unspecified atom stereocenters. The Morgan fingerprint density at radius 3 is 2.29 bits per heavy atom. The van der Waals surface area contributed by atoms with Gasteiger partial charge in [-0.1, -0.05) is 12.1 Å². The number of carbonyl (C=O) groups is 1. The summed E-state index contributed by atoms with van der Waals surface area (Å²) in [7, 11) is 3.49. The summed E-state index contributed by atoms with van der Waals surface area (Å²) in [6.45, 7) is 0.640. The van der Waals surface area contributed by atoms with Gasteiger partial charge in [-0.2, -0.15) is 0 Å². The molecule has 0 atom stereocenters. The fourth-order valence-electron chi connectivity index (χ4n) is 1.24. The lowest BCUT2D eigenvalue weighted by atomic mass is 10.1. The third-order valence-corrected chi connectivity index (χ3v) is 2.04. The van der Waals surface area contributed by atoms with E-state index in [-0.39, 0.29) is 5.91 Å². The van der Waals surface area contributed by atoms with Crippen LogP contribution in [0, 0.1) is 0 Å². The molecule has 0 bridgehead atoms. The molecule has 0 fully saturated rings. The summed E-state index contributed by atoms with van der Waals surface area (Å²) in [6.07, 6.45) is 0.858. The molecule has 1 aromatic rings. The maximum Gasteiger partial charge on any atom is 0.253 e. The van der Waals surface area contributed by atoms with E-state index in [9.17, 15) is 4.79 Å². The first kappa shape index (κ1) is 10.7. The van der Waals surface area contributed by atoms with Crippen LogP contribution in [0.4, 0.5) is 0 Å². The Morgan fingerprint density at radius 2 is 1.86 bits per heavy atom. The molecule has 0 aromatic heterocycles. The van der Waals surface area contributed by atoms with Crippen molar-refractivity contribution >= 4 is 5.91 Å². The number of carbonyl (C=O) groups excluding carboxylic acids is 1. The zero-order chi connectivity index (χ0) is 10.6. The maximum absolute atomic E-state index is 11.5. The molecule has 1 aromatic carbocycles. The molecular formula is C11H16N2O. The first-order valence-electron chi connectivity index (χ1n) is 4.66. The normalized spacial score (nSPS) is 9.93. The van der Waals surface area contributed by atoms with Gasteiger partial charge in [0.25, 0.3) is 5.91 Å². The van der Waals surface area contributed by atoms with Crippen LogP contribution in [-0.2, 0) is 6.42 Å². The molecule has 3 heteroatoms. The molecule has 0 saturated carbocycles. The van der Waals surface area contributed by atoms with Gasteiger partial charge < -0.3 is 10.6 Å². The van der Waals surface area contributed by atoms with Crippen LogP contribution >= 0.6 is 0 Å². The molecule has 2 N–H and O–H groups in total. The van der Waals surface area contributed by atoms with Gasteiger partial charge in [-0.05, 0) is 30.7 Å². The van der Waals surface area contributed by atoms with Crippen molar-refractivity contribution in [1.82, 2.24) is 4.90 Å². The maximum atomic E-state index is 11.5. The molecule has 0 spiro atoms. The Kier molecular flexibility index (Phi) is 3.65. The van der Waals surface area contributed by atoms with Gasteiger partial charge in [0.05, 0.1) is 0 Å². The SMILES string of the molecule is CN(C)C(=O)c1ccc(CCN)cc1. The minimum atomic E-state index is 0.0318. The first-order chi connectivity index (χ1) is 6.65. The van der Waals surface area contributed by atoms with E-state index in [2.05, 4.69) is 0 Å². The molecule has 14 heavy (non-hydrogen) atoms. The Labute approximate surface area is 84.5 Å². The topological polar surface area (TPSA) is 46.3 Å². The predicted octanol–water partition coefficient (Wildman–Crippen LogP) is 0.890. The molecule has 0 aliphatic rings. The number of nitrogens with two attached hydrogens (primary N) is 1. The zero-order valence-corrected chi connectivity index (χ0v) is 8.66. The quantitative estimate of drug-likeness (QED) is 0.773. The summed E-state index contributed by atoms with van der Waals surface area (Å²) in [4.78, 5) is 13.1. The molecule has 1 amide bonds. The monoisotopic (exact) mass is 192 g/mol. The lowest BCUT2D eigenvalue weighted by molar-refractivity contribution is 0.0827. The van der Waals surface area contributed by atoms with Crippen molar-refractivity contribution < 1.29 is 4.79 Å². The number of hydrogen-bond acceptors (Lipinski definition) is 2. The number of rotatable bonds is 3. The highest BCUT2D eigenvalue weighted by Gasteiger charge is 2.06. The predicted molar refractivity (Wildman–Crippen MR) is 57.2 cm³/mol. The average molecular weight is 192 g/mol. The Balaban J connectivity index is 2.78. The van der Waals surface area contributed by atoms with Crippen molar-refractivity contribution in [3.8, 4) is 0 Å². The van der Waals surface area contributed by atoms with Crippen molar-refractivity contribution in [2.24, 2.45) is 5.73 Å². The van der Waals surface area contributed by atoms with Gasteiger partial charge in [0.15, 0.2) is 0 Å². The Hall–Kier alpha value is -1.35. The summed E-state index contributed by atoms with van der Waals surface area (Å²) in [5.41, 5.74) is 7.32. The Morgan fingerprint density at radius 1 is 1.29 bits per heavy atom. The fourth-order valence-corrected chi connectivity index (χ4v) is 1.24. The third-order valence-electron chi connectivity index (χ3n) is 2.04. The summed E-state index contributed by atoms with van der Waals surface area (Å²) >= 11 is 0. The van der Waals surface area contributed by atoms with Crippen LogP contribution in [0.1, 0.15) is 15.9 Å². The molecular weight excluding hydrogens is 176 g/mol. The van der Waals surface area contributed by atoms with E-state index in [1.54, 1.807) is 19.0 Å². The highest BCUT2D eigenvalue weighted by atomic mass is 16.2. The highest BCUT2D eigenvalue weighted by molar-refractivity contribution is 5.93. The molecule has 0 aliphatic carbocycles. The molecule has 0 aliphatic heterocycles. The van der Waals surface area contributed by atoms with Gasteiger partial charge in [-0.15, -0.1) is 0 Å². The number of nitrogens with zero attached hydrogens (tertiary/aromatic N) is 1. The van der Waals surface area contributed by atoms with Gasteiger partial charge in [-0.3, -0.25) is 4.79 Å². The largest absolute Gasteiger partial charge is 0.345 e. The Bertz CT molecular complexity index is 304. The minimum absolute atomic E-state index is 0.0318. The number of hydrogen-bond donors (Lipinski definition) is 1. The summed E-state index contributed by atoms with van der Waals surface area (Å²) in [5.74, 6) is 0.0318. The second-order valence-electron chi connectivity index (χ2n) is 3.44. The molecule has 3 nitrogen and oxygen atoms in total. The van der Waals surface area contributed by atoms with Gasteiger partial charge in [0.1, 0.15) is 0 Å². The molecule has 76 valence electrons. The molecule has 1 rings (SSSR count). The van der Waals surface area contributed by atoms with Crippen molar-refractivity contribution in [3.05, 3.63) is 35.4 Å². The summed E-state index contributed by atoms with van der Waals surface area (Å²) in [6, 6.07) is 7.58. The van der Waals surface area contributed by atoms with Crippen molar-refractivity contribution in [2.75, 3.05) is 20.6 Å². The average Bonchev–Trinajstić information content (AvgIpc) is 2.18. The first-order valence-corrected chi connectivity index (χ1v) is 4.66. The van der Waals surface area contributed by atoms with E-state index in [4.69, 9.17) is 5.73 Å². The standard InChI is InChI=1S/C11H16N2O/c1-13(2)11(14)10-5-3-9(4-6-10)7-8-12/h3-6H,7-8,12H2,1-2H3. The van der Waals surface area contributed by atoms with Gasteiger partial charge in [0, 0.05) is 19.7 Å². The highest BCUT2D eigenvalue weighted by Crippen LogP contribution is 2.06. The summed E-state index contributed by atoms with van der Waals surface area (Å²) in [5, 5.41) is 0. The second-order valence-corrected chi connectivity index (χ2v) is 3.44. The molecule has 0 saturated heterocycles. The van der Waals surface area contributed by atoms with Crippen LogP contribution in [0.3, 0.4) is 0 Å². The van der Waals surface area contributed by atoms with Gasteiger partial charge in [0.2, 0.25) is 0 Å².